The summed E-state index contributed by atoms with van der Waals surface area (Å²) >= 11 is 0. The molecule has 4 rings (SSSR count). The standard InChI is InChI=1S/C19H20N4O4S/c1-22-6-8-23(9-7-22)28(26,27)15-4-2-13(3-5-15)14-10-16-17(19(24)25)12-21-18(16)20-11-14/h2-5,10-12H,6-9H2,1H3,(H,20,21)(H,24,25). The van der Waals surface area contributed by atoms with Gasteiger partial charge in [-0.3, -0.25) is 0 Å². The quantitative estimate of drug-likeness (QED) is 0.692. The van der Waals surface area contributed by atoms with Gasteiger partial charge in [-0.1, -0.05) is 12.1 Å². The molecule has 0 aliphatic carbocycles. The molecular formula is C19H20N4O4S. The first-order valence-corrected chi connectivity index (χ1v) is 10.3. The summed E-state index contributed by atoms with van der Waals surface area (Å²) in [6.45, 7) is 2.39. The minimum absolute atomic E-state index is 0.151. The van der Waals surface area contributed by atoms with Crippen LogP contribution in [0.1, 0.15) is 10.4 Å². The lowest BCUT2D eigenvalue weighted by Gasteiger charge is -2.31. The lowest BCUT2D eigenvalue weighted by Crippen LogP contribution is -2.46. The van der Waals surface area contributed by atoms with Gasteiger partial charge in [0.2, 0.25) is 10.0 Å². The van der Waals surface area contributed by atoms with E-state index in [1.165, 1.54) is 10.5 Å². The molecule has 0 bridgehead atoms. The number of benzene rings is 1. The number of carbonyl (C=O) groups is 1. The predicted molar refractivity (Wildman–Crippen MR) is 105 cm³/mol. The van der Waals surface area contributed by atoms with E-state index in [0.29, 0.717) is 37.2 Å². The van der Waals surface area contributed by atoms with E-state index in [1.54, 1.807) is 36.5 Å². The van der Waals surface area contributed by atoms with Gasteiger partial charge in [0.1, 0.15) is 5.65 Å². The summed E-state index contributed by atoms with van der Waals surface area (Å²) < 4.78 is 27.2. The highest BCUT2D eigenvalue weighted by Gasteiger charge is 2.27. The Hall–Kier alpha value is -2.75. The third-order valence-electron chi connectivity index (χ3n) is 5.05. The van der Waals surface area contributed by atoms with Crippen molar-refractivity contribution in [3.05, 3.63) is 48.3 Å². The first-order valence-electron chi connectivity index (χ1n) is 8.86. The Labute approximate surface area is 162 Å². The topological polar surface area (TPSA) is 107 Å². The first-order chi connectivity index (χ1) is 13.4. The largest absolute Gasteiger partial charge is 0.478 e. The fraction of sp³-hybridized carbons (Fsp3) is 0.263. The van der Waals surface area contributed by atoms with Crippen molar-refractivity contribution in [2.75, 3.05) is 33.2 Å². The zero-order valence-electron chi connectivity index (χ0n) is 15.3. The van der Waals surface area contributed by atoms with E-state index in [9.17, 15) is 18.3 Å². The van der Waals surface area contributed by atoms with Gasteiger partial charge >= 0.3 is 5.97 Å². The average Bonchev–Trinajstić information content (AvgIpc) is 3.12. The molecule has 3 aromatic rings. The highest BCUT2D eigenvalue weighted by molar-refractivity contribution is 7.89. The number of hydrogen-bond donors (Lipinski definition) is 2. The normalized spacial score (nSPS) is 16.5. The molecule has 28 heavy (non-hydrogen) atoms. The lowest BCUT2D eigenvalue weighted by atomic mass is 10.1. The Morgan fingerprint density at radius 2 is 1.79 bits per heavy atom. The van der Waals surface area contributed by atoms with E-state index in [2.05, 4.69) is 14.9 Å². The van der Waals surface area contributed by atoms with Crippen LogP contribution in [-0.4, -0.2) is 71.9 Å². The van der Waals surface area contributed by atoms with Gasteiger partial charge in [0.05, 0.1) is 10.5 Å². The summed E-state index contributed by atoms with van der Waals surface area (Å²) in [4.78, 5) is 20.8. The number of nitrogens with zero attached hydrogens (tertiary/aromatic N) is 3. The molecule has 1 saturated heterocycles. The summed E-state index contributed by atoms with van der Waals surface area (Å²) in [6, 6.07) is 8.36. The Kier molecular flexibility index (Phi) is 4.66. The van der Waals surface area contributed by atoms with Crippen molar-refractivity contribution in [2.45, 2.75) is 4.90 Å². The number of pyridine rings is 1. The van der Waals surface area contributed by atoms with Crippen molar-refractivity contribution in [3.63, 3.8) is 0 Å². The second-order valence-electron chi connectivity index (χ2n) is 6.86. The zero-order valence-corrected chi connectivity index (χ0v) is 16.1. The van der Waals surface area contributed by atoms with Crippen LogP contribution < -0.4 is 0 Å². The molecule has 146 valence electrons. The number of H-pyrrole nitrogens is 1. The number of aromatic carboxylic acids is 1. The summed E-state index contributed by atoms with van der Waals surface area (Å²) in [5.74, 6) is -1.03. The van der Waals surface area contributed by atoms with E-state index in [1.807, 2.05) is 7.05 Å². The number of aromatic amines is 1. The minimum Gasteiger partial charge on any atom is -0.478 e. The van der Waals surface area contributed by atoms with Crippen LogP contribution in [0, 0.1) is 0 Å². The second kappa shape index (κ2) is 7.01. The molecular weight excluding hydrogens is 380 g/mol. The van der Waals surface area contributed by atoms with Crippen LogP contribution in [0.2, 0.25) is 0 Å². The van der Waals surface area contributed by atoms with E-state index in [0.717, 1.165) is 11.1 Å². The Bertz CT molecular complexity index is 1130. The van der Waals surface area contributed by atoms with Crippen molar-refractivity contribution >= 4 is 27.0 Å². The Balaban J connectivity index is 1.64. The van der Waals surface area contributed by atoms with Crippen LogP contribution in [0.3, 0.4) is 0 Å². The number of aromatic nitrogens is 2. The molecule has 9 heteroatoms. The lowest BCUT2D eigenvalue weighted by molar-refractivity contribution is 0.0699. The maximum Gasteiger partial charge on any atom is 0.337 e. The van der Waals surface area contributed by atoms with Crippen LogP contribution >= 0.6 is 0 Å². The van der Waals surface area contributed by atoms with E-state index in [-0.39, 0.29) is 10.5 Å². The molecule has 1 aliphatic heterocycles. The van der Waals surface area contributed by atoms with Crippen molar-refractivity contribution in [1.82, 2.24) is 19.2 Å². The number of carboxylic acid groups (broad SMARTS) is 1. The third-order valence-corrected chi connectivity index (χ3v) is 6.96. The summed E-state index contributed by atoms with van der Waals surface area (Å²) in [7, 11) is -1.54. The number of fused-ring (bicyclic) bond motifs is 1. The Morgan fingerprint density at radius 3 is 2.43 bits per heavy atom. The van der Waals surface area contributed by atoms with Crippen LogP contribution in [0.25, 0.3) is 22.2 Å². The monoisotopic (exact) mass is 400 g/mol. The van der Waals surface area contributed by atoms with E-state index in [4.69, 9.17) is 0 Å². The van der Waals surface area contributed by atoms with Gasteiger partial charge in [0, 0.05) is 49.5 Å². The molecule has 2 N–H and O–H groups in total. The van der Waals surface area contributed by atoms with Crippen molar-refractivity contribution in [2.24, 2.45) is 0 Å². The molecule has 1 aromatic carbocycles. The number of hydrogen-bond acceptors (Lipinski definition) is 5. The van der Waals surface area contributed by atoms with E-state index >= 15 is 0 Å². The highest BCUT2D eigenvalue weighted by Crippen LogP contribution is 2.26. The summed E-state index contributed by atoms with van der Waals surface area (Å²) in [6.07, 6.45) is 3.05. The van der Waals surface area contributed by atoms with Crippen LogP contribution in [0.5, 0.6) is 0 Å². The minimum atomic E-state index is -3.52. The summed E-state index contributed by atoms with van der Waals surface area (Å²) in [5, 5.41) is 9.79. The van der Waals surface area contributed by atoms with Gasteiger partial charge in [-0.25, -0.2) is 18.2 Å². The number of likely N-dealkylation sites (N-methyl/N-ethyl adjacent to an activating group) is 1. The molecule has 0 amide bonds. The van der Waals surface area contributed by atoms with Crippen LogP contribution in [0.15, 0.2) is 47.6 Å². The Morgan fingerprint density at radius 1 is 1.11 bits per heavy atom. The van der Waals surface area contributed by atoms with Crippen LogP contribution in [0.4, 0.5) is 0 Å². The maximum absolute atomic E-state index is 12.8. The number of rotatable bonds is 4. The summed E-state index contributed by atoms with van der Waals surface area (Å²) in [5.41, 5.74) is 2.14. The molecule has 8 nitrogen and oxygen atoms in total. The number of nitrogens with one attached hydrogen (secondary N) is 1. The number of carboxylic acids is 1. The van der Waals surface area contributed by atoms with Gasteiger partial charge < -0.3 is 15.0 Å². The fourth-order valence-electron chi connectivity index (χ4n) is 3.34. The molecule has 0 radical (unpaired) electrons. The third kappa shape index (κ3) is 3.28. The smallest absolute Gasteiger partial charge is 0.337 e. The number of sulfonamides is 1. The second-order valence-corrected chi connectivity index (χ2v) is 8.80. The van der Waals surface area contributed by atoms with Gasteiger partial charge in [0.15, 0.2) is 0 Å². The van der Waals surface area contributed by atoms with Crippen molar-refractivity contribution < 1.29 is 18.3 Å². The molecule has 3 heterocycles. The van der Waals surface area contributed by atoms with Crippen LogP contribution in [-0.2, 0) is 10.0 Å². The average molecular weight is 400 g/mol. The molecule has 0 spiro atoms. The maximum atomic E-state index is 12.8. The molecule has 0 saturated carbocycles. The van der Waals surface area contributed by atoms with Gasteiger partial charge in [-0.15, -0.1) is 0 Å². The molecule has 0 unspecified atom stereocenters. The highest BCUT2D eigenvalue weighted by atomic mass is 32.2. The van der Waals surface area contributed by atoms with Crippen molar-refractivity contribution in [1.29, 1.82) is 0 Å². The van der Waals surface area contributed by atoms with Gasteiger partial charge in [-0.2, -0.15) is 4.31 Å². The number of piperazine rings is 1. The first kappa shape index (κ1) is 18.6. The van der Waals surface area contributed by atoms with Gasteiger partial charge in [0.25, 0.3) is 0 Å². The van der Waals surface area contributed by atoms with Gasteiger partial charge in [-0.05, 0) is 30.8 Å². The zero-order chi connectivity index (χ0) is 19.9. The SMILES string of the molecule is CN1CCN(S(=O)(=O)c2ccc(-c3cnc4[nH]cc(C(=O)O)c4c3)cc2)CC1. The van der Waals surface area contributed by atoms with E-state index < -0.39 is 16.0 Å². The fourth-order valence-corrected chi connectivity index (χ4v) is 4.76. The molecule has 2 aromatic heterocycles. The predicted octanol–water partition coefficient (Wildman–Crippen LogP) is 1.86. The molecule has 0 atom stereocenters. The van der Waals surface area contributed by atoms with Crippen molar-refractivity contribution in [3.8, 4) is 11.1 Å². The molecule has 1 fully saturated rings. The molecule has 1 aliphatic rings.